The third-order valence-corrected chi connectivity index (χ3v) is 4.48. The Kier molecular flexibility index (Phi) is 4.22. The lowest BCUT2D eigenvalue weighted by atomic mass is 9.88. The Morgan fingerprint density at radius 2 is 1.88 bits per heavy atom. The van der Waals surface area contributed by atoms with E-state index in [1.807, 2.05) is 0 Å². The number of hydrogen-bond donors (Lipinski definition) is 1. The van der Waals surface area contributed by atoms with E-state index in [0.717, 1.165) is 6.04 Å². The van der Waals surface area contributed by atoms with Crippen molar-refractivity contribution in [3.8, 4) is 0 Å². The summed E-state index contributed by atoms with van der Waals surface area (Å²) >= 11 is 0. The molecule has 0 amide bonds. The van der Waals surface area contributed by atoms with Crippen LogP contribution in [0.1, 0.15) is 38.5 Å². The normalized spacial score (nSPS) is 37.9. The van der Waals surface area contributed by atoms with Crippen LogP contribution in [0, 0.1) is 0 Å². The van der Waals surface area contributed by atoms with Crippen molar-refractivity contribution in [2.24, 2.45) is 5.73 Å². The molecule has 1 aliphatic carbocycles. The molecule has 2 aliphatic rings. The van der Waals surface area contributed by atoms with E-state index in [1.54, 1.807) is 0 Å². The summed E-state index contributed by atoms with van der Waals surface area (Å²) in [6, 6.07) is 1.77. The van der Waals surface area contributed by atoms with Crippen LogP contribution in [0.4, 0.5) is 0 Å². The van der Waals surface area contributed by atoms with Crippen LogP contribution >= 0.6 is 0 Å². The van der Waals surface area contributed by atoms with E-state index < -0.39 is 0 Å². The number of nitrogens with zero attached hydrogens (tertiary/aromatic N) is 2. The molecule has 2 rings (SSSR count). The topological polar surface area (TPSA) is 32.5 Å². The molecular formula is C13H27N3. The van der Waals surface area contributed by atoms with E-state index in [4.69, 9.17) is 5.73 Å². The van der Waals surface area contributed by atoms with Gasteiger partial charge in [-0.2, -0.15) is 0 Å². The Balaban J connectivity index is 1.91. The van der Waals surface area contributed by atoms with E-state index in [9.17, 15) is 0 Å². The first-order chi connectivity index (χ1) is 7.68. The number of likely N-dealkylation sites (N-methyl/N-ethyl adjacent to an activating group) is 2. The van der Waals surface area contributed by atoms with Gasteiger partial charge in [-0.1, -0.05) is 12.8 Å². The minimum Gasteiger partial charge on any atom is -0.326 e. The van der Waals surface area contributed by atoms with Gasteiger partial charge in [0, 0.05) is 24.7 Å². The average molecular weight is 225 g/mol. The highest BCUT2D eigenvalue weighted by Crippen LogP contribution is 2.25. The summed E-state index contributed by atoms with van der Waals surface area (Å²) in [7, 11) is 4.53. The molecule has 2 N–H and O–H groups in total. The average Bonchev–Trinajstić information content (AvgIpc) is 2.29. The summed E-state index contributed by atoms with van der Waals surface area (Å²) in [5.74, 6) is 0. The highest BCUT2D eigenvalue weighted by atomic mass is 15.2. The molecule has 16 heavy (non-hydrogen) atoms. The summed E-state index contributed by atoms with van der Waals surface area (Å²) in [5, 5.41) is 0. The Hall–Kier alpha value is -0.120. The monoisotopic (exact) mass is 225 g/mol. The smallest absolute Gasteiger partial charge is 0.0247 e. The van der Waals surface area contributed by atoms with E-state index in [0.29, 0.717) is 12.1 Å². The molecule has 3 atom stereocenters. The zero-order chi connectivity index (χ0) is 11.5. The number of likely N-dealkylation sites (tertiary alicyclic amines) is 1. The fourth-order valence-corrected chi connectivity index (χ4v) is 3.39. The van der Waals surface area contributed by atoms with Crippen LogP contribution < -0.4 is 5.73 Å². The van der Waals surface area contributed by atoms with Crippen molar-refractivity contribution in [1.29, 1.82) is 0 Å². The SMILES string of the molecule is CN1CCCC(N(C)C2CCCCC2N)C1. The third kappa shape index (κ3) is 2.76. The highest BCUT2D eigenvalue weighted by Gasteiger charge is 2.31. The second kappa shape index (κ2) is 5.48. The molecule has 1 saturated carbocycles. The molecular weight excluding hydrogens is 198 g/mol. The van der Waals surface area contributed by atoms with Crippen molar-refractivity contribution >= 4 is 0 Å². The second-order valence-electron chi connectivity index (χ2n) is 5.74. The van der Waals surface area contributed by atoms with Gasteiger partial charge in [0.15, 0.2) is 0 Å². The lowest BCUT2D eigenvalue weighted by Crippen LogP contribution is -2.55. The maximum absolute atomic E-state index is 6.27. The van der Waals surface area contributed by atoms with Gasteiger partial charge in [0.1, 0.15) is 0 Å². The molecule has 0 radical (unpaired) electrons. The largest absolute Gasteiger partial charge is 0.326 e. The van der Waals surface area contributed by atoms with E-state index in [-0.39, 0.29) is 0 Å². The zero-order valence-corrected chi connectivity index (χ0v) is 10.9. The molecule has 0 aromatic heterocycles. The first-order valence-electron chi connectivity index (χ1n) is 6.84. The third-order valence-electron chi connectivity index (χ3n) is 4.48. The first-order valence-corrected chi connectivity index (χ1v) is 6.84. The van der Waals surface area contributed by atoms with Gasteiger partial charge in [-0.05, 0) is 46.3 Å². The fourth-order valence-electron chi connectivity index (χ4n) is 3.39. The second-order valence-corrected chi connectivity index (χ2v) is 5.74. The van der Waals surface area contributed by atoms with Crippen molar-refractivity contribution in [2.75, 3.05) is 27.2 Å². The molecule has 94 valence electrons. The van der Waals surface area contributed by atoms with Gasteiger partial charge in [0.05, 0.1) is 0 Å². The van der Waals surface area contributed by atoms with Crippen LogP contribution in [0.3, 0.4) is 0 Å². The van der Waals surface area contributed by atoms with E-state index in [1.165, 1.54) is 51.6 Å². The van der Waals surface area contributed by atoms with Crippen LogP contribution in [0.15, 0.2) is 0 Å². The summed E-state index contributed by atoms with van der Waals surface area (Å²) in [4.78, 5) is 5.04. The number of rotatable bonds is 2. The number of nitrogens with two attached hydrogens (primary N) is 1. The summed E-state index contributed by atoms with van der Waals surface area (Å²) in [6.07, 6.45) is 7.91. The molecule has 0 spiro atoms. The highest BCUT2D eigenvalue weighted by molar-refractivity contribution is 4.89. The van der Waals surface area contributed by atoms with E-state index >= 15 is 0 Å². The van der Waals surface area contributed by atoms with Crippen LogP contribution in [0.5, 0.6) is 0 Å². The van der Waals surface area contributed by atoms with Crippen molar-refractivity contribution in [1.82, 2.24) is 9.80 Å². The quantitative estimate of drug-likeness (QED) is 0.768. The van der Waals surface area contributed by atoms with Crippen molar-refractivity contribution in [3.63, 3.8) is 0 Å². The molecule has 3 unspecified atom stereocenters. The minimum atomic E-state index is 0.408. The molecule has 3 heteroatoms. The summed E-state index contributed by atoms with van der Waals surface area (Å²) in [6.45, 7) is 2.49. The lowest BCUT2D eigenvalue weighted by molar-refractivity contribution is 0.0717. The van der Waals surface area contributed by atoms with Gasteiger partial charge in [0.2, 0.25) is 0 Å². The zero-order valence-electron chi connectivity index (χ0n) is 10.9. The van der Waals surface area contributed by atoms with Crippen molar-refractivity contribution in [2.45, 2.75) is 56.7 Å². The Labute approximate surface area is 100.0 Å². The number of hydrogen-bond acceptors (Lipinski definition) is 3. The van der Waals surface area contributed by atoms with Gasteiger partial charge in [-0.3, -0.25) is 4.90 Å². The van der Waals surface area contributed by atoms with E-state index in [2.05, 4.69) is 23.9 Å². The Morgan fingerprint density at radius 3 is 2.56 bits per heavy atom. The minimum absolute atomic E-state index is 0.408. The van der Waals surface area contributed by atoms with Crippen molar-refractivity contribution in [3.05, 3.63) is 0 Å². The fraction of sp³-hybridized carbons (Fsp3) is 1.00. The molecule has 1 saturated heterocycles. The molecule has 1 heterocycles. The standard InChI is InChI=1S/C13H27N3/c1-15-9-5-6-11(10-15)16(2)13-8-4-3-7-12(13)14/h11-13H,3-10,14H2,1-2H3. The molecule has 1 aliphatic heterocycles. The van der Waals surface area contributed by atoms with Crippen LogP contribution in [0.25, 0.3) is 0 Å². The maximum Gasteiger partial charge on any atom is 0.0247 e. The number of piperidine rings is 1. The van der Waals surface area contributed by atoms with Crippen LogP contribution in [0.2, 0.25) is 0 Å². The van der Waals surface area contributed by atoms with Gasteiger partial charge < -0.3 is 10.6 Å². The molecule has 0 aromatic rings. The Morgan fingerprint density at radius 1 is 1.12 bits per heavy atom. The predicted molar refractivity (Wildman–Crippen MR) is 68.5 cm³/mol. The summed E-state index contributed by atoms with van der Waals surface area (Å²) in [5.41, 5.74) is 6.27. The van der Waals surface area contributed by atoms with Crippen LogP contribution in [-0.2, 0) is 0 Å². The van der Waals surface area contributed by atoms with Crippen LogP contribution in [-0.4, -0.2) is 55.1 Å². The van der Waals surface area contributed by atoms with Gasteiger partial charge in [-0.15, -0.1) is 0 Å². The van der Waals surface area contributed by atoms with Crippen molar-refractivity contribution < 1.29 is 0 Å². The molecule has 3 nitrogen and oxygen atoms in total. The molecule has 2 fully saturated rings. The van der Waals surface area contributed by atoms with Gasteiger partial charge >= 0.3 is 0 Å². The lowest BCUT2D eigenvalue weighted by Gasteiger charge is -2.43. The predicted octanol–water partition coefficient (Wildman–Crippen LogP) is 1.28. The molecule has 0 aromatic carbocycles. The van der Waals surface area contributed by atoms with Gasteiger partial charge in [0.25, 0.3) is 0 Å². The Bertz CT molecular complexity index is 219. The van der Waals surface area contributed by atoms with Gasteiger partial charge in [-0.25, -0.2) is 0 Å². The first kappa shape index (κ1) is 12.3. The maximum atomic E-state index is 6.27. The molecule has 0 bridgehead atoms. The summed E-state index contributed by atoms with van der Waals surface area (Å²) < 4.78 is 0.